The largest absolute Gasteiger partial charge is 0.454 e. The Hall–Kier alpha value is -3.01. The minimum Gasteiger partial charge on any atom is -0.454 e. The number of nitrogens with one attached hydrogen (secondary N) is 1. The second-order valence-corrected chi connectivity index (χ2v) is 6.36. The van der Waals surface area contributed by atoms with Gasteiger partial charge >= 0.3 is 5.97 Å². The third-order valence-electron chi connectivity index (χ3n) is 4.45. The van der Waals surface area contributed by atoms with Crippen molar-refractivity contribution in [3.63, 3.8) is 0 Å². The highest BCUT2D eigenvalue weighted by molar-refractivity contribution is 5.89. The summed E-state index contributed by atoms with van der Waals surface area (Å²) in [6, 6.07) is 7.48. The summed E-state index contributed by atoms with van der Waals surface area (Å²) >= 11 is 0. The van der Waals surface area contributed by atoms with Gasteiger partial charge in [0, 0.05) is 6.08 Å². The van der Waals surface area contributed by atoms with Crippen LogP contribution < -0.4 is 14.8 Å². The molecule has 1 N–H and O–H groups in total. The van der Waals surface area contributed by atoms with Crippen molar-refractivity contribution in [3.8, 4) is 17.6 Å². The standard InChI is InChI=1S/C19H20N2O5/c20-12-19(8-2-1-3-9-19)21-17(22)11-24-18(23)7-5-14-4-6-15-16(10-14)26-13-25-15/h4-7,10H,1-3,8-9,11,13H2,(H,21,22)/b7-5+. The van der Waals surface area contributed by atoms with E-state index in [0.29, 0.717) is 24.3 Å². The van der Waals surface area contributed by atoms with Crippen LogP contribution >= 0.6 is 0 Å². The second kappa shape index (κ2) is 7.91. The molecule has 0 radical (unpaired) electrons. The van der Waals surface area contributed by atoms with Crippen molar-refractivity contribution < 1.29 is 23.8 Å². The van der Waals surface area contributed by atoms with E-state index in [9.17, 15) is 14.9 Å². The van der Waals surface area contributed by atoms with Gasteiger partial charge < -0.3 is 19.5 Å². The Labute approximate surface area is 151 Å². The smallest absolute Gasteiger partial charge is 0.331 e. The zero-order chi connectivity index (χ0) is 18.4. The van der Waals surface area contributed by atoms with Gasteiger partial charge in [-0.25, -0.2) is 4.79 Å². The second-order valence-electron chi connectivity index (χ2n) is 6.36. The molecule has 1 aromatic carbocycles. The molecule has 1 heterocycles. The van der Waals surface area contributed by atoms with Crippen molar-refractivity contribution in [2.24, 2.45) is 0 Å². The number of esters is 1. The first-order valence-corrected chi connectivity index (χ1v) is 8.57. The van der Waals surface area contributed by atoms with Gasteiger partial charge in [0.2, 0.25) is 6.79 Å². The first-order valence-electron chi connectivity index (χ1n) is 8.57. The molecule has 0 bridgehead atoms. The lowest BCUT2D eigenvalue weighted by atomic mass is 9.83. The van der Waals surface area contributed by atoms with Crippen LogP contribution in [0.15, 0.2) is 24.3 Å². The Kier molecular flexibility index (Phi) is 5.42. The number of benzene rings is 1. The first-order chi connectivity index (χ1) is 12.6. The Bertz CT molecular complexity index is 760. The number of hydrogen-bond acceptors (Lipinski definition) is 6. The number of fused-ring (bicyclic) bond motifs is 1. The number of rotatable bonds is 5. The predicted molar refractivity (Wildman–Crippen MR) is 92.1 cm³/mol. The van der Waals surface area contributed by atoms with Crippen molar-refractivity contribution >= 4 is 18.0 Å². The zero-order valence-electron chi connectivity index (χ0n) is 14.3. The zero-order valence-corrected chi connectivity index (χ0v) is 14.3. The normalized spacial score (nSPS) is 17.5. The maximum absolute atomic E-state index is 12.0. The lowest BCUT2D eigenvalue weighted by Gasteiger charge is -2.31. The number of carbonyl (C=O) groups is 2. The molecule has 0 aromatic heterocycles. The van der Waals surface area contributed by atoms with E-state index in [1.165, 1.54) is 6.08 Å². The summed E-state index contributed by atoms with van der Waals surface area (Å²) < 4.78 is 15.4. The summed E-state index contributed by atoms with van der Waals surface area (Å²) in [7, 11) is 0. The van der Waals surface area contributed by atoms with Crippen LogP contribution in [0.4, 0.5) is 0 Å². The van der Waals surface area contributed by atoms with Gasteiger partial charge in [-0.15, -0.1) is 0 Å². The Balaban J connectivity index is 1.47. The van der Waals surface area contributed by atoms with Crippen LogP contribution in [0.1, 0.15) is 37.7 Å². The van der Waals surface area contributed by atoms with Crippen LogP contribution in [0, 0.1) is 11.3 Å². The summed E-state index contributed by atoms with van der Waals surface area (Å²) in [5.74, 6) is 0.190. The number of amides is 1. The molecule has 1 aliphatic heterocycles. The predicted octanol–water partition coefficient (Wildman–Crippen LogP) is 2.31. The molecule has 136 valence electrons. The van der Waals surface area contributed by atoms with Crippen LogP contribution in [0.25, 0.3) is 6.08 Å². The maximum atomic E-state index is 12.0. The van der Waals surface area contributed by atoms with Gasteiger partial charge in [-0.1, -0.05) is 25.3 Å². The van der Waals surface area contributed by atoms with Crippen molar-refractivity contribution in [2.45, 2.75) is 37.6 Å². The molecule has 0 unspecified atom stereocenters. The third kappa shape index (κ3) is 4.33. The monoisotopic (exact) mass is 356 g/mol. The Morgan fingerprint density at radius 3 is 2.77 bits per heavy atom. The molecule has 2 aliphatic rings. The molecule has 1 saturated carbocycles. The van der Waals surface area contributed by atoms with E-state index in [-0.39, 0.29) is 6.79 Å². The average Bonchev–Trinajstić information content (AvgIpc) is 3.13. The fourth-order valence-electron chi connectivity index (χ4n) is 3.09. The maximum Gasteiger partial charge on any atom is 0.331 e. The first kappa shape index (κ1) is 17.8. The fourth-order valence-corrected chi connectivity index (χ4v) is 3.09. The van der Waals surface area contributed by atoms with Crippen LogP contribution in [-0.4, -0.2) is 30.8 Å². The molecule has 7 nitrogen and oxygen atoms in total. The van der Waals surface area contributed by atoms with Gasteiger partial charge in [0.1, 0.15) is 5.54 Å². The molecule has 3 rings (SSSR count). The molecule has 0 atom stereocenters. The van der Waals surface area contributed by atoms with Gasteiger partial charge in [0.25, 0.3) is 5.91 Å². The molecule has 0 saturated heterocycles. The van der Waals surface area contributed by atoms with E-state index in [1.807, 2.05) is 0 Å². The van der Waals surface area contributed by atoms with Crippen LogP contribution in [-0.2, 0) is 14.3 Å². The van der Waals surface area contributed by atoms with Crippen molar-refractivity contribution in [1.29, 1.82) is 5.26 Å². The van der Waals surface area contributed by atoms with Crippen molar-refractivity contribution in [1.82, 2.24) is 5.32 Å². The molecule has 26 heavy (non-hydrogen) atoms. The van der Waals surface area contributed by atoms with E-state index in [2.05, 4.69) is 11.4 Å². The minimum absolute atomic E-state index is 0.184. The van der Waals surface area contributed by atoms with Gasteiger partial charge in [-0.05, 0) is 36.6 Å². The Morgan fingerprint density at radius 1 is 1.23 bits per heavy atom. The number of nitrogens with zero attached hydrogens (tertiary/aromatic N) is 1. The topological polar surface area (TPSA) is 97.7 Å². The highest BCUT2D eigenvalue weighted by Crippen LogP contribution is 2.32. The number of carbonyl (C=O) groups excluding carboxylic acids is 2. The highest BCUT2D eigenvalue weighted by Gasteiger charge is 2.33. The van der Waals surface area contributed by atoms with Gasteiger partial charge in [-0.2, -0.15) is 5.26 Å². The molecule has 0 spiro atoms. The van der Waals surface area contributed by atoms with Gasteiger partial charge in [0.05, 0.1) is 6.07 Å². The van der Waals surface area contributed by atoms with E-state index in [0.717, 1.165) is 24.8 Å². The van der Waals surface area contributed by atoms with E-state index < -0.39 is 24.0 Å². The SMILES string of the molecule is N#CC1(NC(=O)COC(=O)/C=C/c2ccc3c(c2)OCO3)CCCCC1. The molecule has 1 amide bonds. The number of ether oxygens (including phenoxy) is 3. The fraction of sp³-hybridized carbons (Fsp3) is 0.421. The van der Waals surface area contributed by atoms with E-state index in [4.69, 9.17) is 14.2 Å². The average molecular weight is 356 g/mol. The summed E-state index contributed by atoms with van der Waals surface area (Å²) in [5, 5.41) is 12.0. The van der Waals surface area contributed by atoms with E-state index in [1.54, 1.807) is 24.3 Å². The van der Waals surface area contributed by atoms with Crippen molar-refractivity contribution in [3.05, 3.63) is 29.8 Å². The van der Waals surface area contributed by atoms with Crippen LogP contribution in [0.2, 0.25) is 0 Å². The van der Waals surface area contributed by atoms with Crippen LogP contribution in [0.5, 0.6) is 11.5 Å². The lowest BCUT2D eigenvalue weighted by Crippen LogP contribution is -2.49. The summed E-state index contributed by atoms with van der Waals surface area (Å²) in [4.78, 5) is 23.8. The highest BCUT2D eigenvalue weighted by atomic mass is 16.7. The summed E-state index contributed by atoms with van der Waals surface area (Å²) in [5.41, 5.74) is -0.0781. The lowest BCUT2D eigenvalue weighted by molar-refractivity contribution is -0.144. The number of hydrogen-bond donors (Lipinski definition) is 1. The molecule has 1 aromatic rings. The number of nitriles is 1. The molecular weight excluding hydrogens is 336 g/mol. The van der Waals surface area contributed by atoms with Gasteiger partial charge in [-0.3, -0.25) is 4.79 Å². The minimum atomic E-state index is -0.829. The Morgan fingerprint density at radius 2 is 2.00 bits per heavy atom. The molecule has 7 heteroatoms. The van der Waals surface area contributed by atoms with Crippen LogP contribution in [0.3, 0.4) is 0 Å². The van der Waals surface area contributed by atoms with Gasteiger partial charge in [0.15, 0.2) is 18.1 Å². The quantitative estimate of drug-likeness (QED) is 0.642. The van der Waals surface area contributed by atoms with Crippen molar-refractivity contribution in [2.75, 3.05) is 13.4 Å². The molecule has 1 aliphatic carbocycles. The summed E-state index contributed by atoms with van der Waals surface area (Å²) in [6.07, 6.45) is 6.96. The van der Waals surface area contributed by atoms with E-state index >= 15 is 0 Å². The summed E-state index contributed by atoms with van der Waals surface area (Å²) in [6.45, 7) is -0.225. The molecule has 1 fully saturated rings. The molecular formula is C19H20N2O5. The third-order valence-corrected chi connectivity index (χ3v) is 4.45.